The number of aromatic nitrogens is 2. The highest BCUT2D eigenvalue weighted by atomic mass is 19.1. The van der Waals surface area contributed by atoms with Crippen molar-refractivity contribution in [3.05, 3.63) is 46.5 Å². The lowest BCUT2D eigenvalue weighted by Crippen LogP contribution is -2.44. The van der Waals surface area contributed by atoms with Gasteiger partial charge < -0.3 is 14.8 Å². The van der Waals surface area contributed by atoms with Gasteiger partial charge in [-0.3, -0.25) is 9.59 Å². The third-order valence-corrected chi connectivity index (χ3v) is 4.13. The highest BCUT2D eigenvalue weighted by molar-refractivity contribution is 5.84. The number of carbonyl (C=O) groups is 2. The first-order chi connectivity index (χ1) is 13.7. The van der Waals surface area contributed by atoms with E-state index >= 15 is 0 Å². The molecular weight excluding hydrogens is 381 g/mol. The third kappa shape index (κ3) is 5.87. The summed E-state index contributed by atoms with van der Waals surface area (Å²) in [5.74, 6) is -1.20. The highest BCUT2D eigenvalue weighted by Gasteiger charge is 2.23. The van der Waals surface area contributed by atoms with Crippen molar-refractivity contribution in [3.63, 3.8) is 0 Å². The molecule has 1 aromatic heterocycles. The molecular formula is C20H24FN3O5. The van der Waals surface area contributed by atoms with Gasteiger partial charge in [-0.15, -0.1) is 0 Å². The van der Waals surface area contributed by atoms with E-state index in [4.69, 9.17) is 9.47 Å². The molecule has 0 bridgehead atoms. The number of benzene rings is 1. The van der Waals surface area contributed by atoms with Gasteiger partial charge in [0.05, 0.1) is 19.9 Å². The molecule has 1 amide bonds. The molecule has 1 N–H and O–H groups in total. The summed E-state index contributed by atoms with van der Waals surface area (Å²) in [7, 11) is 2.64. The average Bonchev–Trinajstić information content (AvgIpc) is 2.68. The smallest absolute Gasteiger partial charge is 0.328 e. The Kier molecular flexibility index (Phi) is 7.46. The summed E-state index contributed by atoms with van der Waals surface area (Å²) in [6.45, 7) is 3.43. The molecule has 156 valence electrons. The molecule has 0 saturated heterocycles. The maximum atomic E-state index is 13.4. The van der Waals surface area contributed by atoms with Gasteiger partial charge in [0, 0.05) is 17.7 Å². The van der Waals surface area contributed by atoms with Crippen LogP contribution >= 0.6 is 0 Å². The van der Waals surface area contributed by atoms with Crippen LogP contribution in [0.4, 0.5) is 4.39 Å². The molecule has 0 aliphatic carbocycles. The van der Waals surface area contributed by atoms with Crippen molar-refractivity contribution in [2.24, 2.45) is 5.92 Å². The molecule has 2 rings (SSSR count). The minimum absolute atomic E-state index is 0.148. The Labute approximate surface area is 167 Å². The number of methoxy groups -OCH3 is 2. The number of halogens is 1. The number of hydrogen-bond donors (Lipinski definition) is 1. The van der Waals surface area contributed by atoms with Crippen LogP contribution in [-0.2, 0) is 20.9 Å². The number of nitrogens with zero attached hydrogens (tertiary/aromatic N) is 2. The fourth-order valence-corrected chi connectivity index (χ4v) is 2.79. The lowest BCUT2D eigenvalue weighted by atomic mass is 10.0. The molecule has 0 spiro atoms. The van der Waals surface area contributed by atoms with Crippen LogP contribution in [0.25, 0.3) is 11.3 Å². The summed E-state index contributed by atoms with van der Waals surface area (Å²) < 4.78 is 24.3. The van der Waals surface area contributed by atoms with Gasteiger partial charge in [0.25, 0.3) is 5.56 Å². The Morgan fingerprint density at radius 1 is 1.21 bits per heavy atom. The lowest BCUT2D eigenvalue weighted by Gasteiger charge is -2.18. The second-order valence-corrected chi connectivity index (χ2v) is 6.83. The van der Waals surface area contributed by atoms with Crippen molar-refractivity contribution in [2.45, 2.75) is 32.9 Å². The molecule has 29 heavy (non-hydrogen) atoms. The van der Waals surface area contributed by atoms with E-state index in [1.54, 1.807) is 0 Å². The predicted octanol–water partition coefficient (Wildman–Crippen LogP) is 1.76. The van der Waals surface area contributed by atoms with Gasteiger partial charge in [0.1, 0.15) is 24.2 Å². The molecule has 0 fully saturated rings. The summed E-state index contributed by atoms with van der Waals surface area (Å²) in [5, 5.41) is 6.76. The first-order valence-electron chi connectivity index (χ1n) is 9.04. The number of rotatable bonds is 8. The molecule has 0 aliphatic heterocycles. The minimum Gasteiger partial charge on any atom is -0.496 e. The van der Waals surface area contributed by atoms with Crippen molar-refractivity contribution in [3.8, 4) is 17.0 Å². The number of hydrogen-bond acceptors (Lipinski definition) is 6. The van der Waals surface area contributed by atoms with E-state index in [0.29, 0.717) is 17.7 Å². The number of nitrogens with one attached hydrogen (secondary N) is 1. The number of esters is 1. The maximum absolute atomic E-state index is 13.4. The zero-order chi connectivity index (χ0) is 21.6. The molecule has 0 saturated carbocycles. The molecule has 8 nitrogen and oxygen atoms in total. The van der Waals surface area contributed by atoms with E-state index in [2.05, 4.69) is 10.4 Å². The first-order valence-corrected chi connectivity index (χ1v) is 9.04. The second kappa shape index (κ2) is 9.81. The molecule has 1 heterocycles. The average molecular weight is 405 g/mol. The van der Waals surface area contributed by atoms with E-state index in [9.17, 15) is 18.8 Å². The zero-order valence-corrected chi connectivity index (χ0v) is 16.8. The fraction of sp³-hybridized carbons (Fsp3) is 0.400. The first kappa shape index (κ1) is 22.1. The van der Waals surface area contributed by atoms with Gasteiger partial charge in [-0.1, -0.05) is 13.8 Å². The molecule has 1 atom stereocenters. The van der Waals surface area contributed by atoms with E-state index in [1.807, 2.05) is 13.8 Å². The Hall–Kier alpha value is -3.23. The van der Waals surface area contributed by atoms with Crippen LogP contribution < -0.4 is 15.6 Å². The van der Waals surface area contributed by atoms with Gasteiger partial charge in [-0.2, -0.15) is 5.10 Å². The fourth-order valence-electron chi connectivity index (χ4n) is 2.79. The van der Waals surface area contributed by atoms with Crippen LogP contribution in [0.5, 0.6) is 5.75 Å². The van der Waals surface area contributed by atoms with Crippen LogP contribution in [0.3, 0.4) is 0 Å². The van der Waals surface area contributed by atoms with Gasteiger partial charge in [-0.25, -0.2) is 13.9 Å². The van der Waals surface area contributed by atoms with Gasteiger partial charge in [-0.05, 0) is 30.5 Å². The molecule has 0 aliphatic rings. The van der Waals surface area contributed by atoms with Crippen LogP contribution in [0.15, 0.2) is 35.1 Å². The van der Waals surface area contributed by atoms with Gasteiger partial charge in [0.15, 0.2) is 0 Å². The lowest BCUT2D eigenvalue weighted by molar-refractivity contribution is -0.145. The maximum Gasteiger partial charge on any atom is 0.328 e. The Morgan fingerprint density at radius 3 is 2.55 bits per heavy atom. The monoisotopic (exact) mass is 405 g/mol. The van der Waals surface area contributed by atoms with Crippen molar-refractivity contribution in [1.82, 2.24) is 15.1 Å². The van der Waals surface area contributed by atoms with E-state index < -0.39 is 29.3 Å². The van der Waals surface area contributed by atoms with Gasteiger partial charge >= 0.3 is 5.97 Å². The zero-order valence-electron chi connectivity index (χ0n) is 16.8. The predicted molar refractivity (Wildman–Crippen MR) is 104 cm³/mol. The SMILES string of the molecule is COC(=O)[C@H](CC(C)C)NC(=O)Cn1nc(-c2ccc(F)cc2OC)ccc1=O. The van der Waals surface area contributed by atoms with Crippen LogP contribution in [0.1, 0.15) is 20.3 Å². The minimum atomic E-state index is -0.816. The standard InChI is InChI=1S/C20H24FN3O5/c1-12(2)9-16(20(27)29-4)22-18(25)11-24-19(26)8-7-15(23-24)14-6-5-13(21)10-17(14)28-3/h5-8,10,12,16H,9,11H2,1-4H3,(H,22,25)/t16-/m0/s1. The summed E-state index contributed by atoms with van der Waals surface area (Å²) in [4.78, 5) is 36.4. The number of amides is 1. The quantitative estimate of drug-likeness (QED) is 0.672. The number of carbonyl (C=O) groups excluding carboxylic acids is 2. The van der Waals surface area contributed by atoms with Crippen molar-refractivity contribution < 1.29 is 23.5 Å². The largest absolute Gasteiger partial charge is 0.496 e. The van der Waals surface area contributed by atoms with E-state index in [-0.39, 0.29) is 18.2 Å². The van der Waals surface area contributed by atoms with E-state index in [0.717, 1.165) is 4.68 Å². The number of ether oxygens (including phenoxy) is 2. The Bertz CT molecular complexity index is 942. The van der Waals surface area contributed by atoms with Crippen molar-refractivity contribution in [2.75, 3.05) is 14.2 Å². The summed E-state index contributed by atoms with van der Waals surface area (Å²) >= 11 is 0. The van der Waals surface area contributed by atoms with Crippen molar-refractivity contribution >= 4 is 11.9 Å². The molecule has 0 unspecified atom stereocenters. The van der Waals surface area contributed by atoms with Crippen LogP contribution in [0, 0.1) is 11.7 Å². The second-order valence-electron chi connectivity index (χ2n) is 6.83. The summed E-state index contributed by atoms with van der Waals surface area (Å²) in [6, 6.07) is 5.82. The molecule has 1 aromatic carbocycles. The molecule has 0 radical (unpaired) electrons. The van der Waals surface area contributed by atoms with Crippen LogP contribution in [0.2, 0.25) is 0 Å². The van der Waals surface area contributed by atoms with Crippen LogP contribution in [-0.4, -0.2) is 41.9 Å². The Morgan fingerprint density at radius 2 is 1.93 bits per heavy atom. The molecule has 2 aromatic rings. The molecule has 9 heteroatoms. The van der Waals surface area contributed by atoms with E-state index in [1.165, 1.54) is 44.6 Å². The topological polar surface area (TPSA) is 99.5 Å². The van der Waals surface area contributed by atoms with Gasteiger partial charge in [0.2, 0.25) is 5.91 Å². The third-order valence-electron chi connectivity index (χ3n) is 4.13. The summed E-state index contributed by atoms with van der Waals surface area (Å²) in [5.41, 5.74) is 0.305. The Balaban J connectivity index is 2.25. The normalized spacial score (nSPS) is 11.8. The van der Waals surface area contributed by atoms with Crippen molar-refractivity contribution in [1.29, 1.82) is 0 Å². The summed E-state index contributed by atoms with van der Waals surface area (Å²) in [6.07, 6.45) is 0.396. The highest BCUT2D eigenvalue weighted by Crippen LogP contribution is 2.28.